The first kappa shape index (κ1) is 26.0. The Labute approximate surface area is 217 Å². The number of carbonyl (C=O) groups excluding carboxylic acids is 2. The molecule has 35 heavy (non-hydrogen) atoms. The van der Waals surface area contributed by atoms with E-state index in [0.717, 1.165) is 43.2 Å². The number of hydrogen-bond donors (Lipinski definition) is 3. The Morgan fingerprint density at radius 2 is 1.86 bits per heavy atom. The summed E-state index contributed by atoms with van der Waals surface area (Å²) in [6.07, 6.45) is 5.42. The van der Waals surface area contributed by atoms with Crippen LogP contribution in [-0.4, -0.2) is 46.6 Å². The van der Waals surface area contributed by atoms with Crippen LogP contribution < -0.4 is 10.6 Å². The number of rotatable bonds is 8. The molecular weight excluding hydrogens is 485 g/mol. The molecule has 0 spiro atoms. The SMILES string of the molecule is CC(C)(CO)NC(=O)CN(C1CCCCC1)C1(Cc2cccc(Cl)c2)C(=O)Nc2cc(Cl)ccc21. The highest BCUT2D eigenvalue weighted by Gasteiger charge is 2.53. The van der Waals surface area contributed by atoms with E-state index >= 15 is 0 Å². The summed E-state index contributed by atoms with van der Waals surface area (Å²) in [5, 5.41) is 16.8. The fraction of sp³-hybridized carbons (Fsp3) is 0.481. The monoisotopic (exact) mass is 517 g/mol. The zero-order chi connectivity index (χ0) is 25.2. The van der Waals surface area contributed by atoms with Crippen LogP contribution in [0.25, 0.3) is 0 Å². The van der Waals surface area contributed by atoms with Crippen molar-refractivity contribution in [3.63, 3.8) is 0 Å². The molecule has 3 N–H and O–H groups in total. The van der Waals surface area contributed by atoms with Gasteiger partial charge in [-0.2, -0.15) is 0 Å². The maximum Gasteiger partial charge on any atom is 0.249 e. The largest absolute Gasteiger partial charge is 0.394 e. The van der Waals surface area contributed by atoms with Crippen molar-refractivity contribution >= 4 is 40.7 Å². The molecule has 1 unspecified atom stereocenters. The number of anilines is 1. The minimum Gasteiger partial charge on any atom is -0.394 e. The van der Waals surface area contributed by atoms with Crippen molar-refractivity contribution in [1.82, 2.24) is 10.2 Å². The summed E-state index contributed by atoms with van der Waals surface area (Å²) in [6.45, 7) is 3.40. The highest BCUT2D eigenvalue weighted by Crippen LogP contribution is 2.46. The van der Waals surface area contributed by atoms with Gasteiger partial charge in [-0.25, -0.2) is 0 Å². The fourth-order valence-electron chi connectivity index (χ4n) is 5.41. The van der Waals surface area contributed by atoms with Gasteiger partial charge in [0, 0.05) is 33.8 Å². The molecule has 0 radical (unpaired) electrons. The average molecular weight is 518 g/mol. The molecular formula is C27H33Cl2N3O3. The first-order valence-electron chi connectivity index (χ1n) is 12.2. The van der Waals surface area contributed by atoms with Crippen LogP contribution in [-0.2, 0) is 21.5 Å². The first-order valence-corrected chi connectivity index (χ1v) is 12.9. The van der Waals surface area contributed by atoms with Crippen molar-refractivity contribution in [3.8, 4) is 0 Å². The van der Waals surface area contributed by atoms with Gasteiger partial charge in [0.2, 0.25) is 11.8 Å². The molecule has 1 aliphatic heterocycles. The second-order valence-corrected chi connectivity index (χ2v) is 11.2. The summed E-state index contributed by atoms with van der Waals surface area (Å²) < 4.78 is 0. The minimum atomic E-state index is -1.10. The maximum absolute atomic E-state index is 14.0. The molecule has 188 valence electrons. The topological polar surface area (TPSA) is 81.7 Å². The van der Waals surface area contributed by atoms with E-state index in [0.29, 0.717) is 22.2 Å². The van der Waals surface area contributed by atoms with E-state index in [1.54, 1.807) is 26.0 Å². The standard InChI is InChI=1S/C27H33Cl2N3O3/c1-26(2,17-33)31-24(34)16-32(21-9-4-3-5-10-21)27(15-18-7-6-8-19(28)13-18)22-12-11-20(29)14-23(22)30-25(27)35/h6-8,11-14,21,33H,3-5,9-10,15-17H2,1-2H3,(H,30,35)(H,31,34). The molecule has 4 rings (SSSR count). The van der Waals surface area contributed by atoms with Crippen LogP contribution in [0.5, 0.6) is 0 Å². The van der Waals surface area contributed by atoms with Crippen LogP contribution in [0, 0.1) is 0 Å². The molecule has 2 aromatic rings. The van der Waals surface area contributed by atoms with Gasteiger partial charge in [0.15, 0.2) is 0 Å². The lowest BCUT2D eigenvalue weighted by molar-refractivity contribution is -0.136. The van der Waals surface area contributed by atoms with E-state index < -0.39 is 11.1 Å². The van der Waals surface area contributed by atoms with Gasteiger partial charge in [0.1, 0.15) is 5.54 Å². The first-order chi connectivity index (χ1) is 16.6. The Balaban J connectivity index is 1.83. The van der Waals surface area contributed by atoms with Crippen molar-refractivity contribution in [2.24, 2.45) is 0 Å². The smallest absolute Gasteiger partial charge is 0.249 e. The maximum atomic E-state index is 14.0. The number of halogens is 2. The summed E-state index contributed by atoms with van der Waals surface area (Å²) in [7, 11) is 0. The van der Waals surface area contributed by atoms with Crippen LogP contribution in [0.15, 0.2) is 42.5 Å². The molecule has 1 saturated carbocycles. The van der Waals surface area contributed by atoms with E-state index in [1.807, 2.05) is 30.3 Å². The predicted molar refractivity (Wildman–Crippen MR) is 140 cm³/mol. The molecule has 2 amide bonds. The fourth-order valence-corrected chi connectivity index (χ4v) is 5.80. The molecule has 1 aliphatic carbocycles. The Bertz CT molecular complexity index is 1100. The number of nitrogens with one attached hydrogen (secondary N) is 2. The van der Waals surface area contributed by atoms with Gasteiger partial charge in [-0.1, -0.05) is 60.7 Å². The Morgan fingerprint density at radius 3 is 2.54 bits per heavy atom. The lowest BCUT2D eigenvalue weighted by atomic mass is 9.80. The second kappa shape index (κ2) is 10.5. The number of hydrogen-bond acceptors (Lipinski definition) is 4. The highest BCUT2D eigenvalue weighted by atomic mass is 35.5. The molecule has 6 nitrogen and oxygen atoms in total. The summed E-state index contributed by atoms with van der Waals surface area (Å²) in [6, 6.07) is 13.0. The van der Waals surface area contributed by atoms with Gasteiger partial charge >= 0.3 is 0 Å². The molecule has 1 fully saturated rings. The summed E-state index contributed by atoms with van der Waals surface area (Å²) in [5.41, 5.74) is 0.520. The van der Waals surface area contributed by atoms with Crippen LogP contribution in [0.2, 0.25) is 10.0 Å². The molecule has 8 heteroatoms. The normalized spacial score (nSPS) is 20.6. The van der Waals surface area contributed by atoms with Crippen molar-refractivity contribution < 1.29 is 14.7 Å². The van der Waals surface area contributed by atoms with Crippen molar-refractivity contribution in [2.45, 2.75) is 69.5 Å². The summed E-state index contributed by atoms with van der Waals surface area (Å²) >= 11 is 12.6. The molecule has 0 aromatic heterocycles. The van der Waals surface area contributed by atoms with Crippen LogP contribution in [0.1, 0.15) is 57.1 Å². The Kier molecular flexibility index (Phi) is 7.77. The predicted octanol–water partition coefficient (Wildman–Crippen LogP) is 4.91. The third-order valence-corrected chi connectivity index (χ3v) is 7.56. The highest BCUT2D eigenvalue weighted by molar-refractivity contribution is 6.31. The van der Waals surface area contributed by atoms with Crippen molar-refractivity contribution in [2.75, 3.05) is 18.5 Å². The minimum absolute atomic E-state index is 0.0319. The van der Waals surface area contributed by atoms with Crippen LogP contribution >= 0.6 is 23.2 Å². The van der Waals surface area contributed by atoms with E-state index in [9.17, 15) is 14.7 Å². The number of amides is 2. The Morgan fingerprint density at radius 1 is 1.14 bits per heavy atom. The molecule has 2 aliphatic rings. The number of aliphatic hydroxyl groups excluding tert-OH is 1. The van der Waals surface area contributed by atoms with E-state index in [-0.39, 0.29) is 31.0 Å². The number of benzene rings is 2. The summed E-state index contributed by atoms with van der Waals surface area (Å²) in [5.74, 6) is -0.398. The zero-order valence-corrected chi connectivity index (χ0v) is 21.8. The lowest BCUT2D eigenvalue weighted by Gasteiger charge is -2.46. The van der Waals surface area contributed by atoms with E-state index in [4.69, 9.17) is 23.2 Å². The second-order valence-electron chi connectivity index (χ2n) is 10.3. The van der Waals surface area contributed by atoms with E-state index in [2.05, 4.69) is 15.5 Å². The van der Waals surface area contributed by atoms with Gasteiger partial charge in [0.05, 0.1) is 18.7 Å². The third kappa shape index (κ3) is 5.51. The molecule has 1 heterocycles. The number of carbonyl (C=O) groups is 2. The number of fused-ring (bicyclic) bond motifs is 1. The van der Waals surface area contributed by atoms with Crippen molar-refractivity contribution in [1.29, 1.82) is 0 Å². The van der Waals surface area contributed by atoms with Gasteiger partial charge in [-0.3, -0.25) is 14.5 Å². The molecule has 1 atom stereocenters. The molecule has 0 saturated heterocycles. The van der Waals surface area contributed by atoms with Crippen molar-refractivity contribution in [3.05, 3.63) is 63.6 Å². The zero-order valence-electron chi connectivity index (χ0n) is 20.2. The van der Waals surface area contributed by atoms with Gasteiger partial charge in [-0.15, -0.1) is 0 Å². The summed E-state index contributed by atoms with van der Waals surface area (Å²) in [4.78, 5) is 29.4. The van der Waals surface area contributed by atoms with Gasteiger partial charge in [0.25, 0.3) is 0 Å². The van der Waals surface area contributed by atoms with Crippen LogP contribution in [0.4, 0.5) is 5.69 Å². The van der Waals surface area contributed by atoms with Crippen LogP contribution in [0.3, 0.4) is 0 Å². The van der Waals surface area contributed by atoms with Gasteiger partial charge < -0.3 is 15.7 Å². The lowest BCUT2D eigenvalue weighted by Crippen LogP contribution is -2.61. The third-order valence-electron chi connectivity index (χ3n) is 7.09. The number of nitrogens with zero attached hydrogens (tertiary/aromatic N) is 1. The number of aliphatic hydroxyl groups is 1. The quantitative estimate of drug-likeness (QED) is 0.464. The molecule has 2 aromatic carbocycles. The van der Waals surface area contributed by atoms with Gasteiger partial charge in [-0.05, 0) is 56.5 Å². The van der Waals surface area contributed by atoms with E-state index in [1.165, 1.54) is 0 Å². The molecule has 0 bridgehead atoms. The Hall–Kier alpha value is -2.12. The average Bonchev–Trinajstić information content (AvgIpc) is 3.08.